The lowest BCUT2D eigenvalue weighted by Gasteiger charge is -2.33. The van der Waals surface area contributed by atoms with E-state index in [4.69, 9.17) is 14.0 Å². The molecule has 0 aliphatic carbocycles. The molecule has 0 atom stereocenters. The van der Waals surface area contributed by atoms with Gasteiger partial charge in [-0.25, -0.2) is 0 Å². The minimum Gasteiger partial charge on any atom is -0.442 e. The summed E-state index contributed by atoms with van der Waals surface area (Å²) in [6.45, 7) is 17.8. The third-order valence-electron chi connectivity index (χ3n) is 2.47. The summed E-state index contributed by atoms with van der Waals surface area (Å²) in [5, 5.41) is 3.32. The van der Waals surface area contributed by atoms with E-state index in [1.165, 1.54) is 12.5 Å². The Morgan fingerprint density at radius 1 is 1.11 bits per heavy atom. The Balaban J connectivity index is 0. The first kappa shape index (κ1) is 21.8. The lowest BCUT2D eigenvalue weighted by molar-refractivity contribution is 0.406. The number of nitrogens with one attached hydrogen (secondary N) is 1. The van der Waals surface area contributed by atoms with Gasteiger partial charge < -0.3 is 19.3 Å². The maximum absolute atomic E-state index is 6.31. The summed E-state index contributed by atoms with van der Waals surface area (Å²) in [5.41, 5.74) is 5.43. The molecule has 0 aromatic carbocycles. The van der Waals surface area contributed by atoms with E-state index in [2.05, 4.69) is 38.1 Å². The summed E-state index contributed by atoms with van der Waals surface area (Å²) in [5.74, 6) is 0. The topological polar surface area (TPSA) is 56.5 Å². The van der Waals surface area contributed by atoms with Crippen LogP contribution in [0.1, 0.15) is 20.3 Å². The first-order valence-corrected chi connectivity index (χ1v) is 15.5. The molecule has 19 heavy (non-hydrogen) atoms. The van der Waals surface area contributed by atoms with E-state index < -0.39 is 16.9 Å². The third kappa shape index (κ3) is 14.7. The number of hydrogen-bond acceptors (Lipinski definition) is 4. The van der Waals surface area contributed by atoms with Crippen LogP contribution in [0, 0.1) is 0 Å². The zero-order valence-electron chi connectivity index (χ0n) is 14.1. The summed E-state index contributed by atoms with van der Waals surface area (Å²) < 4.78 is 12.2. The van der Waals surface area contributed by atoms with Crippen molar-refractivity contribution in [1.29, 1.82) is 0 Å². The molecule has 0 spiro atoms. The highest BCUT2D eigenvalue weighted by molar-refractivity contribution is 6.83. The smallest absolute Gasteiger partial charge is 0.310 e. The van der Waals surface area contributed by atoms with Crippen molar-refractivity contribution in [1.82, 2.24) is 5.32 Å². The fraction of sp³-hybridized carbons (Fsp3) is 1.00. The van der Waals surface area contributed by atoms with Crippen LogP contribution in [0.25, 0.3) is 0 Å². The standard InChI is InChI=1S/C10H30N2O2Si3.C2H6/c1-15-13-17(4,5)14-16(2,3)10-6-8-12-9-7-11;1-2/h12H,6-11,15H2,1-5H3;1-2H3. The highest BCUT2D eigenvalue weighted by Crippen LogP contribution is 2.20. The molecule has 0 aliphatic heterocycles. The first-order chi connectivity index (χ1) is 8.83. The van der Waals surface area contributed by atoms with Gasteiger partial charge in [0, 0.05) is 13.1 Å². The fourth-order valence-electron chi connectivity index (χ4n) is 1.96. The number of hydrogen-bond donors (Lipinski definition) is 2. The summed E-state index contributed by atoms with van der Waals surface area (Å²) in [4.78, 5) is 0. The van der Waals surface area contributed by atoms with Gasteiger partial charge in [-0.1, -0.05) is 20.4 Å². The molecule has 0 rings (SSSR count). The molecule has 4 nitrogen and oxygen atoms in total. The molecule has 7 heteroatoms. The second kappa shape index (κ2) is 12.2. The molecule has 0 bridgehead atoms. The zero-order valence-corrected chi connectivity index (χ0v) is 17.6. The molecule has 0 unspecified atom stereocenters. The molecule has 0 aromatic heterocycles. The van der Waals surface area contributed by atoms with Crippen LogP contribution in [0.15, 0.2) is 0 Å². The summed E-state index contributed by atoms with van der Waals surface area (Å²) in [7, 11) is -3.74. The van der Waals surface area contributed by atoms with Crippen molar-refractivity contribution >= 4 is 26.6 Å². The number of nitrogens with two attached hydrogens (primary N) is 1. The molecule has 0 fully saturated rings. The van der Waals surface area contributed by atoms with Crippen molar-refractivity contribution in [2.75, 3.05) is 19.6 Å². The van der Waals surface area contributed by atoms with Crippen LogP contribution in [-0.2, 0) is 8.23 Å². The molecule has 0 saturated heterocycles. The lowest BCUT2D eigenvalue weighted by Crippen LogP contribution is -2.47. The largest absolute Gasteiger partial charge is 0.442 e. The van der Waals surface area contributed by atoms with Crippen molar-refractivity contribution in [2.45, 2.75) is 59.0 Å². The molecule has 0 aliphatic rings. The van der Waals surface area contributed by atoms with Gasteiger partial charge >= 0.3 is 8.56 Å². The van der Waals surface area contributed by atoms with E-state index in [9.17, 15) is 0 Å². The highest BCUT2D eigenvalue weighted by Gasteiger charge is 2.33. The quantitative estimate of drug-likeness (QED) is 0.477. The van der Waals surface area contributed by atoms with E-state index >= 15 is 0 Å². The van der Waals surface area contributed by atoms with Gasteiger partial charge in [-0.05, 0) is 45.2 Å². The van der Waals surface area contributed by atoms with E-state index in [1.807, 2.05) is 13.8 Å². The summed E-state index contributed by atoms with van der Waals surface area (Å²) in [6, 6.07) is 1.19. The average Bonchev–Trinajstić information content (AvgIpc) is 2.29. The highest BCUT2D eigenvalue weighted by atomic mass is 28.5. The van der Waals surface area contributed by atoms with Gasteiger partial charge in [0.15, 0.2) is 8.32 Å². The van der Waals surface area contributed by atoms with Crippen LogP contribution in [0.4, 0.5) is 0 Å². The van der Waals surface area contributed by atoms with Crippen LogP contribution >= 0.6 is 0 Å². The van der Waals surface area contributed by atoms with E-state index in [0.29, 0.717) is 6.54 Å². The third-order valence-corrected chi connectivity index (χ3v) is 12.1. The van der Waals surface area contributed by atoms with E-state index in [0.717, 1.165) is 13.1 Å². The first-order valence-electron chi connectivity index (χ1n) is 7.58. The lowest BCUT2D eigenvalue weighted by atomic mass is 10.5. The van der Waals surface area contributed by atoms with Crippen LogP contribution in [0.5, 0.6) is 0 Å². The predicted molar refractivity (Wildman–Crippen MR) is 94.2 cm³/mol. The molecule has 0 heterocycles. The predicted octanol–water partition coefficient (Wildman–Crippen LogP) is 2.02. The Bertz CT molecular complexity index is 205. The monoisotopic (exact) mass is 324 g/mol. The zero-order chi connectivity index (χ0) is 15.4. The second-order valence-electron chi connectivity index (χ2n) is 5.34. The molecular weight excluding hydrogens is 288 g/mol. The van der Waals surface area contributed by atoms with Gasteiger partial charge in [0.2, 0.25) is 0 Å². The maximum atomic E-state index is 6.31. The molecule has 3 N–H and O–H groups in total. The van der Waals surface area contributed by atoms with Crippen LogP contribution in [0.2, 0.25) is 38.8 Å². The maximum Gasteiger partial charge on any atom is 0.310 e. The Hall–Kier alpha value is 0.491. The van der Waals surface area contributed by atoms with Crippen LogP contribution in [-0.4, -0.2) is 46.3 Å². The minimum atomic E-state index is -1.83. The second-order valence-corrected chi connectivity index (χ2v) is 14.7. The molecule has 0 aromatic rings. The van der Waals surface area contributed by atoms with Crippen LogP contribution in [0.3, 0.4) is 0 Å². The van der Waals surface area contributed by atoms with Gasteiger partial charge in [-0.3, -0.25) is 0 Å². The van der Waals surface area contributed by atoms with Gasteiger partial charge in [-0.15, -0.1) is 0 Å². The van der Waals surface area contributed by atoms with Crippen molar-refractivity contribution < 1.29 is 8.23 Å². The Labute approximate surface area is 125 Å². The van der Waals surface area contributed by atoms with Gasteiger partial charge in [-0.2, -0.15) is 0 Å². The molecular formula is C12H36N2O2Si3. The average molecular weight is 325 g/mol. The minimum absolute atomic E-state index is 0.357. The fourth-order valence-corrected chi connectivity index (χ4v) is 12.3. The van der Waals surface area contributed by atoms with Crippen molar-refractivity contribution in [3.05, 3.63) is 0 Å². The van der Waals surface area contributed by atoms with Crippen molar-refractivity contribution in [3.63, 3.8) is 0 Å². The molecule has 0 saturated carbocycles. The SMILES string of the molecule is CC.C[SiH2]O[Si](C)(C)O[Si](C)(C)CCCNCCN. The van der Waals surface area contributed by atoms with Crippen molar-refractivity contribution in [3.8, 4) is 0 Å². The summed E-state index contributed by atoms with van der Waals surface area (Å²) in [6.07, 6.45) is 1.17. The van der Waals surface area contributed by atoms with E-state index in [1.54, 1.807) is 0 Å². The molecule has 0 amide bonds. The van der Waals surface area contributed by atoms with E-state index in [-0.39, 0.29) is 9.76 Å². The Kier molecular flexibility index (Phi) is 14.0. The Morgan fingerprint density at radius 3 is 2.16 bits per heavy atom. The van der Waals surface area contributed by atoms with Gasteiger partial charge in [0.1, 0.15) is 9.76 Å². The molecule has 0 radical (unpaired) electrons. The van der Waals surface area contributed by atoms with Crippen molar-refractivity contribution in [2.24, 2.45) is 5.73 Å². The summed E-state index contributed by atoms with van der Waals surface area (Å²) >= 11 is 0. The molecule has 118 valence electrons. The number of rotatable bonds is 10. The van der Waals surface area contributed by atoms with Gasteiger partial charge in [0.25, 0.3) is 0 Å². The normalized spacial score (nSPS) is 12.6. The van der Waals surface area contributed by atoms with Crippen LogP contribution < -0.4 is 11.1 Å². The Morgan fingerprint density at radius 2 is 1.68 bits per heavy atom. The van der Waals surface area contributed by atoms with Gasteiger partial charge in [0.05, 0.1) is 0 Å².